The van der Waals surface area contributed by atoms with Crippen LogP contribution in [0, 0.1) is 23.7 Å². The van der Waals surface area contributed by atoms with Gasteiger partial charge in [-0.2, -0.15) is 10.1 Å². The highest BCUT2D eigenvalue weighted by molar-refractivity contribution is 6.06. The average Bonchev–Trinajstić information content (AvgIpc) is 3.22. The summed E-state index contributed by atoms with van der Waals surface area (Å²) in [5.74, 6) is -0.223. The van der Waals surface area contributed by atoms with Gasteiger partial charge in [0.25, 0.3) is 11.8 Å². The normalized spacial score (nSPS) is 31.4. The maximum atomic E-state index is 12.5. The second-order valence-corrected chi connectivity index (χ2v) is 6.16. The van der Waals surface area contributed by atoms with Crippen LogP contribution in [0.15, 0.2) is 35.5 Å². The van der Waals surface area contributed by atoms with Gasteiger partial charge in [0.05, 0.1) is 25.2 Å². The number of aromatic hydroxyl groups is 1. The highest BCUT2D eigenvalue weighted by atomic mass is 16.5. The number of rotatable bonds is 3. The summed E-state index contributed by atoms with van der Waals surface area (Å²) in [6.45, 7) is 0. The van der Waals surface area contributed by atoms with E-state index in [0.29, 0.717) is 11.3 Å². The van der Waals surface area contributed by atoms with Gasteiger partial charge >= 0.3 is 0 Å². The minimum absolute atomic E-state index is 0.0233. The molecule has 3 aliphatic rings. The Hall–Kier alpha value is -2.63. The standard InChI is InChI=1S/C17H16N2O4/c1-23-13-6-9(2-5-12(13)20)8-18-19-16(21)14-10-3-4-11(7-10)15(14)17(19)22/h2-6,8,10-11,14-15,20H,7H2,1H3/b18-8-/t10-,11-,14+,15+/m0/s1. The number of hydrogen-bond donors (Lipinski definition) is 1. The third-order valence-electron chi connectivity index (χ3n) is 4.97. The van der Waals surface area contributed by atoms with E-state index in [1.807, 2.05) is 0 Å². The van der Waals surface area contributed by atoms with Crippen molar-refractivity contribution in [2.45, 2.75) is 6.42 Å². The number of phenolic OH excluding ortho intramolecular Hbond substituents is 1. The highest BCUT2D eigenvalue weighted by Crippen LogP contribution is 2.52. The third kappa shape index (κ3) is 1.98. The number of hydrogen-bond acceptors (Lipinski definition) is 5. The second kappa shape index (κ2) is 4.94. The van der Waals surface area contributed by atoms with E-state index in [-0.39, 0.29) is 41.2 Å². The van der Waals surface area contributed by atoms with Crippen molar-refractivity contribution < 1.29 is 19.4 Å². The summed E-state index contributed by atoms with van der Waals surface area (Å²) in [4.78, 5) is 25.0. The number of hydrazone groups is 1. The lowest BCUT2D eigenvalue weighted by molar-refractivity contribution is -0.140. The molecular formula is C17H16N2O4. The van der Waals surface area contributed by atoms with Gasteiger partial charge in [-0.1, -0.05) is 12.2 Å². The molecule has 118 valence electrons. The Labute approximate surface area is 133 Å². The Balaban J connectivity index is 1.58. The van der Waals surface area contributed by atoms with E-state index in [4.69, 9.17) is 4.74 Å². The molecule has 1 saturated heterocycles. The number of imide groups is 1. The molecule has 4 atom stereocenters. The van der Waals surface area contributed by atoms with Crippen molar-refractivity contribution in [1.29, 1.82) is 0 Å². The number of carbonyl (C=O) groups excluding carboxylic acids is 2. The molecule has 1 heterocycles. The smallest absolute Gasteiger partial charge is 0.254 e. The quantitative estimate of drug-likeness (QED) is 0.522. The molecule has 0 aromatic heterocycles. The zero-order chi connectivity index (χ0) is 16.1. The first-order valence-electron chi connectivity index (χ1n) is 7.57. The largest absolute Gasteiger partial charge is 0.504 e. The van der Waals surface area contributed by atoms with Gasteiger partial charge in [0.2, 0.25) is 0 Å². The Kier molecular flexibility index (Phi) is 3.01. The fraction of sp³-hybridized carbons (Fsp3) is 0.353. The zero-order valence-electron chi connectivity index (χ0n) is 12.5. The van der Waals surface area contributed by atoms with E-state index in [1.165, 1.54) is 19.4 Å². The fourth-order valence-electron chi connectivity index (χ4n) is 3.90. The number of benzene rings is 1. The van der Waals surface area contributed by atoms with E-state index in [0.717, 1.165) is 11.4 Å². The van der Waals surface area contributed by atoms with Gasteiger partial charge in [-0.15, -0.1) is 0 Å². The lowest BCUT2D eigenvalue weighted by Gasteiger charge is -2.13. The fourth-order valence-corrected chi connectivity index (χ4v) is 3.90. The van der Waals surface area contributed by atoms with Crippen molar-refractivity contribution in [2.75, 3.05) is 7.11 Å². The maximum Gasteiger partial charge on any atom is 0.254 e. The summed E-state index contributed by atoms with van der Waals surface area (Å²) in [6.07, 6.45) is 6.44. The molecule has 0 spiro atoms. The predicted octanol–water partition coefficient (Wildman–Crippen LogP) is 1.54. The topological polar surface area (TPSA) is 79.2 Å². The summed E-state index contributed by atoms with van der Waals surface area (Å²) >= 11 is 0. The highest BCUT2D eigenvalue weighted by Gasteiger charge is 2.59. The number of amides is 2. The van der Waals surface area contributed by atoms with Crippen LogP contribution in [-0.4, -0.2) is 35.3 Å². The van der Waals surface area contributed by atoms with Crippen molar-refractivity contribution in [3.63, 3.8) is 0 Å². The van der Waals surface area contributed by atoms with Crippen LogP contribution in [0.5, 0.6) is 11.5 Å². The molecular weight excluding hydrogens is 296 g/mol. The average molecular weight is 312 g/mol. The van der Waals surface area contributed by atoms with Gasteiger partial charge in [-0.3, -0.25) is 9.59 Å². The number of fused-ring (bicyclic) bond motifs is 5. The predicted molar refractivity (Wildman–Crippen MR) is 81.8 cm³/mol. The molecule has 2 bridgehead atoms. The SMILES string of the molecule is COc1cc(/C=N\N2C(=O)[C@H]3[C@H](C2=O)[C@H]2C=C[C@H]3C2)ccc1O. The van der Waals surface area contributed by atoms with Gasteiger partial charge in [-0.05, 0) is 42.0 Å². The van der Waals surface area contributed by atoms with Crippen LogP contribution < -0.4 is 4.74 Å². The summed E-state index contributed by atoms with van der Waals surface area (Å²) in [5, 5.41) is 14.7. The molecule has 6 heteroatoms. The molecule has 2 amide bonds. The van der Waals surface area contributed by atoms with Crippen LogP contribution in [-0.2, 0) is 9.59 Å². The minimum Gasteiger partial charge on any atom is -0.504 e. The first kappa shape index (κ1) is 14.0. The van der Waals surface area contributed by atoms with Gasteiger partial charge in [0, 0.05) is 0 Å². The zero-order valence-corrected chi connectivity index (χ0v) is 12.5. The van der Waals surface area contributed by atoms with Crippen LogP contribution in [0.3, 0.4) is 0 Å². The molecule has 0 radical (unpaired) electrons. The Bertz CT molecular complexity index is 725. The molecule has 23 heavy (non-hydrogen) atoms. The number of allylic oxidation sites excluding steroid dienone is 2. The van der Waals surface area contributed by atoms with Gasteiger partial charge in [0.15, 0.2) is 11.5 Å². The second-order valence-electron chi connectivity index (χ2n) is 6.16. The van der Waals surface area contributed by atoms with E-state index in [2.05, 4.69) is 17.3 Å². The monoisotopic (exact) mass is 312 g/mol. The molecule has 1 saturated carbocycles. The molecule has 4 rings (SSSR count). The Morgan fingerprint density at radius 2 is 1.87 bits per heavy atom. The summed E-state index contributed by atoms with van der Waals surface area (Å²) in [7, 11) is 1.45. The van der Waals surface area contributed by atoms with Crippen molar-refractivity contribution in [3.8, 4) is 11.5 Å². The first-order valence-corrected chi connectivity index (χ1v) is 7.57. The lowest BCUT2D eigenvalue weighted by Crippen LogP contribution is -2.28. The first-order chi connectivity index (χ1) is 11.1. The molecule has 1 aliphatic heterocycles. The van der Waals surface area contributed by atoms with Gasteiger partial charge < -0.3 is 9.84 Å². The molecule has 6 nitrogen and oxygen atoms in total. The maximum absolute atomic E-state index is 12.5. The van der Waals surface area contributed by atoms with Crippen molar-refractivity contribution in [2.24, 2.45) is 28.8 Å². The van der Waals surface area contributed by atoms with Crippen molar-refractivity contribution >= 4 is 18.0 Å². The van der Waals surface area contributed by atoms with Crippen LogP contribution in [0.2, 0.25) is 0 Å². The summed E-state index contributed by atoms with van der Waals surface area (Å²) in [5.41, 5.74) is 0.637. The number of nitrogens with zero attached hydrogens (tertiary/aromatic N) is 2. The van der Waals surface area contributed by atoms with Crippen LogP contribution >= 0.6 is 0 Å². The molecule has 2 aliphatic carbocycles. The summed E-state index contributed by atoms with van der Waals surface area (Å²) < 4.78 is 5.03. The van der Waals surface area contributed by atoms with E-state index >= 15 is 0 Å². The van der Waals surface area contributed by atoms with Crippen molar-refractivity contribution in [3.05, 3.63) is 35.9 Å². The number of carbonyl (C=O) groups is 2. The van der Waals surface area contributed by atoms with Crippen LogP contribution in [0.4, 0.5) is 0 Å². The minimum atomic E-state index is -0.246. The Morgan fingerprint density at radius 3 is 2.48 bits per heavy atom. The molecule has 1 N–H and O–H groups in total. The number of methoxy groups -OCH3 is 1. The number of phenols is 1. The molecule has 1 aromatic carbocycles. The molecule has 2 fully saturated rings. The molecule has 0 unspecified atom stereocenters. The van der Waals surface area contributed by atoms with Crippen molar-refractivity contribution in [1.82, 2.24) is 5.01 Å². The van der Waals surface area contributed by atoms with Crippen LogP contribution in [0.1, 0.15) is 12.0 Å². The molecule has 1 aromatic rings. The van der Waals surface area contributed by atoms with E-state index in [1.54, 1.807) is 12.1 Å². The van der Waals surface area contributed by atoms with E-state index in [9.17, 15) is 14.7 Å². The van der Waals surface area contributed by atoms with Gasteiger partial charge in [-0.25, -0.2) is 0 Å². The third-order valence-corrected chi connectivity index (χ3v) is 4.97. The summed E-state index contributed by atoms with van der Waals surface area (Å²) in [6, 6.07) is 4.71. The van der Waals surface area contributed by atoms with Crippen LogP contribution in [0.25, 0.3) is 0 Å². The number of ether oxygens (including phenoxy) is 1. The Morgan fingerprint density at radius 1 is 1.22 bits per heavy atom. The van der Waals surface area contributed by atoms with Gasteiger partial charge in [0.1, 0.15) is 0 Å². The lowest BCUT2D eigenvalue weighted by atomic mass is 9.85. The van der Waals surface area contributed by atoms with E-state index < -0.39 is 0 Å².